The van der Waals surface area contributed by atoms with Crippen LogP contribution < -0.4 is 10.6 Å². The molecule has 2 aliphatic heterocycles. The minimum Gasteiger partial charge on any atom is -0.390 e. The van der Waals surface area contributed by atoms with Crippen LogP contribution in [-0.4, -0.2) is 65.7 Å². The van der Waals surface area contributed by atoms with E-state index in [9.17, 15) is 14.7 Å². The molecule has 2 aliphatic rings. The minimum absolute atomic E-state index is 0.0429. The number of hydrogen-bond donors (Lipinski definition) is 3. The number of likely N-dealkylation sites (tertiary alicyclic amines) is 1. The number of aliphatic hydroxyl groups excluding tert-OH is 1. The summed E-state index contributed by atoms with van der Waals surface area (Å²) >= 11 is 0. The maximum atomic E-state index is 12.6. The van der Waals surface area contributed by atoms with E-state index in [1.165, 1.54) is 11.1 Å². The summed E-state index contributed by atoms with van der Waals surface area (Å²) in [6.07, 6.45) is 2.42. The Hall–Kier alpha value is -2.90. The highest BCUT2D eigenvalue weighted by molar-refractivity contribution is 5.95. The van der Waals surface area contributed by atoms with E-state index < -0.39 is 6.10 Å². The summed E-state index contributed by atoms with van der Waals surface area (Å²) in [7, 11) is 0. The molecule has 1 atom stereocenters. The van der Waals surface area contributed by atoms with Gasteiger partial charge in [-0.3, -0.25) is 9.69 Å². The number of nitrogens with zero attached hydrogens (tertiary/aromatic N) is 2. The number of piperidine rings is 1. The van der Waals surface area contributed by atoms with E-state index in [1.54, 1.807) is 24.3 Å². The number of rotatable bonds is 6. The van der Waals surface area contributed by atoms with Gasteiger partial charge in [0.1, 0.15) is 0 Å². The van der Waals surface area contributed by atoms with Crippen LogP contribution in [0.25, 0.3) is 0 Å². The molecule has 176 valence electrons. The van der Waals surface area contributed by atoms with Gasteiger partial charge in [-0.2, -0.15) is 0 Å². The molecule has 1 unspecified atom stereocenters. The van der Waals surface area contributed by atoms with Crippen LogP contribution in [0.2, 0.25) is 0 Å². The van der Waals surface area contributed by atoms with Gasteiger partial charge in [0, 0.05) is 50.5 Å². The summed E-state index contributed by atoms with van der Waals surface area (Å²) in [4.78, 5) is 29.0. The number of anilines is 1. The average molecular weight is 451 g/mol. The summed E-state index contributed by atoms with van der Waals surface area (Å²) in [5, 5.41) is 15.9. The van der Waals surface area contributed by atoms with Crippen LogP contribution in [0.3, 0.4) is 0 Å². The molecule has 2 aromatic carbocycles. The molecule has 7 nitrogen and oxygen atoms in total. The summed E-state index contributed by atoms with van der Waals surface area (Å²) in [5.74, 6) is 0.718. The Morgan fingerprint density at radius 2 is 1.73 bits per heavy atom. The maximum Gasteiger partial charge on any atom is 0.319 e. The van der Waals surface area contributed by atoms with E-state index in [4.69, 9.17) is 0 Å². The van der Waals surface area contributed by atoms with Gasteiger partial charge in [-0.15, -0.1) is 0 Å². The zero-order valence-electron chi connectivity index (χ0n) is 19.3. The number of fused-ring (bicyclic) bond motifs is 1. The van der Waals surface area contributed by atoms with Crippen molar-refractivity contribution in [3.05, 3.63) is 65.2 Å². The monoisotopic (exact) mass is 450 g/mol. The van der Waals surface area contributed by atoms with Crippen molar-refractivity contribution in [1.29, 1.82) is 0 Å². The van der Waals surface area contributed by atoms with Gasteiger partial charge in [-0.25, -0.2) is 4.79 Å². The zero-order chi connectivity index (χ0) is 23.2. The predicted molar refractivity (Wildman–Crippen MR) is 129 cm³/mol. The smallest absolute Gasteiger partial charge is 0.319 e. The average Bonchev–Trinajstić information content (AvgIpc) is 2.83. The number of benzene rings is 2. The number of aliphatic hydroxyl groups is 1. The van der Waals surface area contributed by atoms with Crippen LogP contribution >= 0.6 is 0 Å². The molecule has 0 aromatic heterocycles. The standard InChI is InChI=1S/C26H34N4O3/c1-19-10-14-30(15-11-19)25(32)21-6-8-23(9-7-21)28-26(33)27-16-24(31)18-29-13-12-20-4-2-3-5-22(20)17-29/h2-9,19,24,31H,10-18H2,1H3,(H2,27,28,33). The summed E-state index contributed by atoms with van der Waals surface area (Å²) in [5.41, 5.74) is 3.92. The molecule has 1 fully saturated rings. The lowest BCUT2D eigenvalue weighted by Crippen LogP contribution is -2.42. The molecule has 1 saturated heterocycles. The summed E-state index contributed by atoms with van der Waals surface area (Å²) < 4.78 is 0. The van der Waals surface area contributed by atoms with Crippen molar-refractivity contribution < 1.29 is 14.7 Å². The van der Waals surface area contributed by atoms with Crippen molar-refractivity contribution in [3.8, 4) is 0 Å². The SMILES string of the molecule is CC1CCN(C(=O)c2ccc(NC(=O)NCC(O)CN3CCc4ccccc4C3)cc2)CC1. The minimum atomic E-state index is -0.645. The third-order valence-electron chi connectivity index (χ3n) is 6.64. The fourth-order valence-electron chi connectivity index (χ4n) is 4.55. The Morgan fingerprint density at radius 1 is 1.03 bits per heavy atom. The van der Waals surface area contributed by atoms with E-state index in [2.05, 4.69) is 40.7 Å². The van der Waals surface area contributed by atoms with Crippen LogP contribution in [0, 0.1) is 5.92 Å². The fourth-order valence-corrected chi connectivity index (χ4v) is 4.55. The molecule has 0 bridgehead atoms. The summed E-state index contributed by atoms with van der Waals surface area (Å²) in [6.45, 7) is 6.24. The molecule has 7 heteroatoms. The molecular formula is C26H34N4O3. The molecule has 2 aromatic rings. The van der Waals surface area contributed by atoms with Crippen LogP contribution in [-0.2, 0) is 13.0 Å². The second-order valence-electron chi connectivity index (χ2n) is 9.29. The predicted octanol–water partition coefficient (Wildman–Crippen LogP) is 3.10. The molecular weight excluding hydrogens is 416 g/mol. The van der Waals surface area contributed by atoms with Crippen molar-refractivity contribution in [3.63, 3.8) is 0 Å². The Morgan fingerprint density at radius 3 is 2.45 bits per heavy atom. The number of β-amino-alcohol motifs (C(OH)–C–C–N with tert-alkyl or cyclic N) is 1. The highest BCUT2D eigenvalue weighted by atomic mass is 16.3. The molecule has 4 rings (SSSR count). The molecule has 2 heterocycles. The Balaban J connectivity index is 1.19. The molecule has 0 aliphatic carbocycles. The van der Waals surface area contributed by atoms with Gasteiger partial charge in [-0.05, 0) is 60.6 Å². The number of carbonyl (C=O) groups excluding carboxylic acids is 2. The van der Waals surface area contributed by atoms with E-state index in [1.807, 2.05) is 11.0 Å². The van der Waals surface area contributed by atoms with Crippen LogP contribution in [0.5, 0.6) is 0 Å². The highest BCUT2D eigenvalue weighted by Crippen LogP contribution is 2.20. The number of nitrogens with one attached hydrogen (secondary N) is 2. The van der Waals surface area contributed by atoms with Gasteiger partial charge in [-0.1, -0.05) is 31.2 Å². The van der Waals surface area contributed by atoms with Crippen LogP contribution in [0.4, 0.5) is 10.5 Å². The molecule has 0 saturated carbocycles. The van der Waals surface area contributed by atoms with Gasteiger partial charge in [0.25, 0.3) is 5.91 Å². The lowest BCUT2D eigenvalue weighted by atomic mass is 9.98. The number of amides is 3. The Labute approximate surface area is 195 Å². The quantitative estimate of drug-likeness (QED) is 0.631. The molecule has 33 heavy (non-hydrogen) atoms. The second-order valence-corrected chi connectivity index (χ2v) is 9.29. The van der Waals surface area contributed by atoms with E-state index in [0.717, 1.165) is 45.4 Å². The van der Waals surface area contributed by atoms with Crippen molar-refractivity contribution >= 4 is 17.6 Å². The largest absolute Gasteiger partial charge is 0.390 e. The topological polar surface area (TPSA) is 84.9 Å². The Bertz CT molecular complexity index is 954. The normalized spacial score (nSPS) is 17.8. The molecule has 3 N–H and O–H groups in total. The molecule has 0 radical (unpaired) electrons. The van der Waals surface area contributed by atoms with Crippen molar-refractivity contribution in [2.75, 3.05) is 38.0 Å². The van der Waals surface area contributed by atoms with Gasteiger partial charge in [0.2, 0.25) is 0 Å². The lowest BCUT2D eigenvalue weighted by molar-refractivity contribution is 0.0697. The fraction of sp³-hybridized carbons (Fsp3) is 0.462. The molecule has 0 spiro atoms. The Kier molecular flexibility index (Phi) is 7.62. The van der Waals surface area contributed by atoms with Gasteiger partial charge in [0.15, 0.2) is 0 Å². The lowest BCUT2D eigenvalue weighted by Gasteiger charge is -2.30. The van der Waals surface area contributed by atoms with E-state index >= 15 is 0 Å². The number of carbonyl (C=O) groups is 2. The first-order chi connectivity index (χ1) is 16.0. The maximum absolute atomic E-state index is 12.6. The highest BCUT2D eigenvalue weighted by Gasteiger charge is 2.22. The van der Waals surface area contributed by atoms with Gasteiger partial charge in [0.05, 0.1) is 6.10 Å². The number of hydrogen-bond acceptors (Lipinski definition) is 4. The third-order valence-corrected chi connectivity index (χ3v) is 6.64. The first kappa shape index (κ1) is 23.3. The van der Waals surface area contributed by atoms with Crippen LogP contribution in [0.1, 0.15) is 41.3 Å². The zero-order valence-corrected chi connectivity index (χ0v) is 19.3. The van der Waals surface area contributed by atoms with Gasteiger partial charge < -0.3 is 20.6 Å². The van der Waals surface area contributed by atoms with Crippen LogP contribution in [0.15, 0.2) is 48.5 Å². The van der Waals surface area contributed by atoms with E-state index in [0.29, 0.717) is 23.7 Å². The van der Waals surface area contributed by atoms with Crippen molar-refractivity contribution in [2.45, 2.75) is 38.8 Å². The first-order valence-electron chi connectivity index (χ1n) is 11.9. The van der Waals surface area contributed by atoms with Crippen molar-refractivity contribution in [2.24, 2.45) is 5.92 Å². The second kappa shape index (κ2) is 10.8. The number of urea groups is 1. The summed E-state index contributed by atoms with van der Waals surface area (Å²) in [6, 6.07) is 15.0. The van der Waals surface area contributed by atoms with Gasteiger partial charge >= 0.3 is 6.03 Å². The van der Waals surface area contributed by atoms with E-state index in [-0.39, 0.29) is 18.5 Å². The molecule has 3 amide bonds. The first-order valence-corrected chi connectivity index (χ1v) is 11.9. The third kappa shape index (κ3) is 6.33. The van der Waals surface area contributed by atoms with Crippen molar-refractivity contribution in [1.82, 2.24) is 15.1 Å².